The molecule has 7 heteroatoms. The Labute approximate surface area is 144 Å². The molecule has 2 N–H and O–H groups in total. The molecule has 0 saturated carbocycles. The summed E-state index contributed by atoms with van der Waals surface area (Å²) in [4.78, 5) is 30.5. The molecule has 0 aliphatic heterocycles. The Hall–Kier alpha value is -2.57. The topological polar surface area (TPSA) is 74.8 Å². The van der Waals surface area contributed by atoms with Crippen LogP contribution in [0.25, 0.3) is 0 Å². The van der Waals surface area contributed by atoms with Gasteiger partial charge in [0.25, 0.3) is 17.9 Å². The number of carbonyl (C=O) groups excluding carboxylic acids is 1. The van der Waals surface area contributed by atoms with Crippen LogP contribution in [0.2, 0.25) is 0 Å². The van der Waals surface area contributed by atoms with Gasteiger partial charge in [0, 0.05) is 11.6 Å². The number of hydrogen-bond acceptors (Lipinski definition) is 3. The van der Waals surface area contributed by atoms with E-state index in [9.17, 15) is 18.4 Å². The summed E-state index contributed by atoms with van der Waals surface area (Å²) in [7, 11) is 0. The maximum absolute atomic E-state index is 12.7. The van der Waals surface area contributed by atoms with Crippen molar-refractivity contribution in [2.24, 2.45) is 5.41 Å². The highest BCUT2D eigenvalue weighted by molar-refractivity contribution is 5.92. The van der Waals surface area contributed by atoms with Crippen LogP contribution in [0.3, 0.4) is 0 Å². The first kappa shape index (κ1) is 18.8. The van der Waals surface area contributed by atoms with Crippen LogP contribution in [-0.4, -0.2) is 15.9 Å². The number of nitrogens with zero attached hydrogens (tertiary/aromatic N) is 1. The van der Waals surface area contributed by atoms with Gasteiger partial charge in [0.1, 0.15) is 11.5 Å². The number of aromatic nitrogens is 2. The third-order valence-electron chi connectivity index (χ3n) is 3.76. The van der Waals surface area contributed by atoms with Crippen molar-refractivity contribution in [1.82, 2.24) is 15.3 Å². The molecule has 0 fully saturated rings. The number of rotatable bonds is 4. The second-order valence-corrected chi connectivity index (χ2v) is 6.96. The molecule has 2 aromatic rings. The summed E-state index contributed by atoms with van der Waals surface area (Å²) >= 11 is 0. The normalized spacial score (nSPS) is 12.9. The molecule has 1 atom stereocenters. The number of aromatic amines is 1. The van der Waals surface area contributed by atoms with Gasteiger partial charge >= 0.3 is 0 Å². The average molecular weight is 349 g/mol. The molecule has 2 rings (SSSR count). The quantitative estimate of drug-likeness (QED) is 0.887. The van der Waals surface area contributed by atoms with Gasteiger partial charge in [0.2, 0.25) is 0 Å². The van der Waals surface area contributed by atoms with E-state index in [0.717, 1.165) is 6.07 Å². The first-order chi connectivity index (χ1) is 11.6. The van der Waals surface area contributed by atoms with Crippen LogP contribution < -0.4 is 10.9 Å². The van der Waals surface area contributed by atoms with E-state index in [2.05, 4.69) is 15.3 Å². The Morgan fingerprint density at radius 1 is 1.16 bits per heavy atom. The number of nitrogens with one attached hydrogen (secondary N) is 2. The largest absolute Gasteiger partial charge is 0.343 e. The molecule has 0 bridgehead atoms. The molecule has 5 nitrogen and oxygen atoms in total. The van der Waals surface area contributed by atoms with Crippen molar-refractivity contribution in [1.29, 1.82) is 0 Å². The first-order valence-electron chi connectivity index (χ1n) is 7.85. The number of aryl methyl sites for hydroxylation is 1. The summed E-state index contributed by atoms with van der Waals surface area (Å²) in [6.07, 6.45) is -2.54. The van der Waals surface area contributed by atoms with Gasteiger partial charge in [-0.1, -0.05) is 45.0 Å². The second kappa shape index (κ2) is 7.13. The van der Waals surface area contributed by atoms with E-state index in [1.165, 1.54) is 12.1 Å². The lowest BCUT2D eigenvalue weighted by atomic mass is 9.82. The van der Waals surface area contributed by atoms with Gasteiger partial charge in [0.05, 0.1) is 6.04 Å². The Kier molecular flexibility index (Phi) is 5.35. The zero-order valence-corrected chi connectivity index (χ0v) is 14.6. The highest BCUT2D eigenvalue weighted by Crippen LogP contribution is 2.33. The highest BCUT2D eigenvalue weighted by atomic mass is 19.3. The van der Waals surface area contributed by atoms with E-state index in [1.807, 2.05) is 20.8 Å². The minimum absolute atomic E-state index is 0.0136. The number of hydrogen-bond donors (Lipinski definition) is 2. The maximum Gasteiger partial charge on any atom is 0.270 e. The molecule has 1 heterocycles. The minimum Gasteiger partial charge on any atom is -0.343 e. The van der Waals surface area contributed by atoms with Crippen LogP contribution >= 0.6 is 0 Å². The molecular formula is C18H21F2N3O2. The standard InChI is InChI=1S/C18H21F2N3O2/c1-10-21-13(9-14(24)22-10)17(25)23-15(18(2,3)4)11-5-7-12(8-6-11)16(19)20/h5-9,15-16H,1-4H3,(H,23,25)(H,21,22,24)/t15-/m0/s1. The predicted molar refractivity (Wildman–Crippen MR) is 90.7 cm³/mol. The van der Waals surface area contributed by atoms with Crippen molar-refractivity contribution in [3.63, 3.8) is 0 Å². The number of benzene rings is 1. The number of carbonyl (C=O) groups is 1. The van der Waals surface area contributed by atoms with Crippen LogP contribution in [-0.2, 0) is 0 Å². The molecule has 0 aliphatic rings. The highest BCUT2D eigenvalue weighted by Gasteiger charge is 2.29. The second-order valence-electron chi connectivity index (χ2n) is 6.96. The molecule has 1 aromatic carbocycles. The Morgan fingerprint density at radius 3 is 2.20 bits per heavy atom. The fraction of sp³-hybridized carbons (Fsp3) is 0.389. The third-order valence-corrected chi connectivity index (χ3v) is 3.76. The lowest BCUT2D eigenvalue weighted by Crippen LogP contribution is -2.37. The zero-order valence-electron chi connectivity index (χ0n) is 14.6. The van der Waals surface area contributed by atoms with E-state index in [1.54, 1.807) is 19.1 Å². The van der Waals surface area contributed by atoms with Crippen LogP contribution in [0.5, 0.6) is 0 Å². The molecule has 1 aromatic heterocycles. The van der Waals surface area contributed by atoms with Crippen LogP contribution in [0.1, 0.15) is 60.7 Å². The smallest absolute Gasteiger partial charge is 0.270 e. The molecule has 0 unspecified atom stereocenters. The van der Waals surface area contributed by atoms with Crippen molar-refractivity contribution in [2.45, 2.75) is 40.2 Å². The Morgan fingerprint density at radius 2 is 1.72 bits per heavy atom. The van der Waals surface area contributed by atoms with E-state index in [0.29, 0.717) is 11.4 Å². The molecule has 0 radical (unpaired) electrons. The molecular weight excluding hydrogens is 328 g/mol. The third kappa shape index (κ3) is 4.71. The average Bonchev–Trinajstić information content (AvgIpc) is 2.50. The fourth-order valence-corrected chi connectivity index (χ4v) is 2.53. The van der Waals surface area contributed by atoms with Gasteiger partial charge in [0.15, 0.2) is 0 Å². The molecule has 0 spiro atoms. The van der Waals surface area contributed by atoms with Gasteiger partial charge in [-0.3, -0.25) is 9.59 Å². The zero-order chi connectivity index (χ0) is 18.8. The fourth-order valence-electron chi connectivity index (χ4n) is 2.53. The van der Waals surface area contributed by atoms with Gasteiger partial charge in [-0.2, -0.15) is 0 Å². The summed E-state index contributed by atoms with van der Waals surface area (Å²) in [6, 6.07) is 6.54. The Balaban J connectivity index is 2.32. The van der Waals surface area contributed by atoms with Crippen molar-refractivity contribution in [3.8, 4) is 0 Å². The minimum atomic E-state index is -2.54. The van der Waals surface area contributed by atoms with E-state index >= 15 is 0 Å². The van der Waals surface area contributed by atoms with Crippen molar-refractivity contribution >= 4 is 5.91 Å². The SMILES string of the molecule is Cc1nc(C(=O)N[C@@H](c2ccc(C(F)F)cc2)C(C)(C)C)cc(=O)[nH]1. The number of alkyl halides is 2. The van der Waals surface area contributed by atoms with Gasteiger partial charge < -0.3 is 10.3 Å². The first-order valence-corrected chi connectivity index (χ1v) is 7.85. The molecule has 0 saturated heterocycles. The number of amides is 1. The summed E-state index contributed by atoms with van der Waals surface area (Å²) in [5, 5.41) is 2.85. The summed E-state index contributed by atoms with van der Waals surface area (Å²) in [5.41, 5.74) is -0.148. The lowest BCUT2D eigenvalue weighted by Gasteiger charge is -2.32. The van der Waals surface area contributed by atoms with Crippen LogP contribution in [0.15, 0.2) is 35.1 Å². The molecule has 1 amide bonds. The van der Waals surface area contributed by atoms with Crippen LogP contribution in [0, 0.1) is 12.3 Å². The molecule has 134 valence electrons. The number of H-pyrrole nitrogens is 1. The van der Waals surface area contributed by atoms with Crippen molar-refractivity contribution in [2.75, 3.05) is 0 Å². The van der Waals surface area contributed by atoms with E-state index in [-0.39, 0.29) is 16.7 Å². The van der Waals surface area contributed by atoms with Crippen molar-refractivity contribution < 1.29 is 13.6 Å². The summed E-state index contributed by atoms with van der Waals surface area (Å²) < 4.78 is 25.5. The van der Waals surface area contributed by atoms with Gasteiger partial charge in [-0.15, -0.1) is 0 Å². The maximum atomic E-state index is 12.7. The van der Waals surface area contributed by atoms with Gasteiger partial charge in [-0.25, -0.2) is 13.8 Å². The molecule has 25 heavy (non-hydrogen) atoms. The molecule has 0 aliphatic carbocycles. The van der Waals surface area contributed by atoms with Crippen molar-refractivity contribution in [3.05, 3.63) is 63.3 Å². The monoisotopic (exact) mass is 349 g/mol. The van der Waals surface area contributed by atoms with E-state index in [4.69, 9.17) is 0 Å². The van der Waals surface area contributed by atoms with Gasteiger partial charge in [-0.05, 0) is 17.9 Å². The summed E-state index contributed by atoms with van der Waals surface area (Å²) in [5.74, 6) is -0.154. The Bertz CT molecular complexity index is 808. The van der Waals surface area contributed by atoms with Crippen LogP contribution in [0.4, 0.5) is 8.78 Å². The predicted octanol–water partition coefficient (Wildman–Crippen LogP) is 3.53. The van der Waals surface area contributed by atoms with E-state index < -0.39 is 23.9 Å². The summed E-state index contributed by atoms with van der Waals surface area (Å²) in [6.45, 7) is 7.36. The lowest BCUT2D eigenvalue weighted by molar-refractivity contribution is 0.0895. The number of halogens is 2.